The molecule has 1 amide bonds. The lowest BCUT2D eigenvalue weighted by Gasteiger charge is -2.07. The van der Waals surface area contributed by atoms with Gasteiger partial charge < -0.3 is 15.2 Å². The molecule has 3 rings (SSSR count). The average Bonchev–Trinajstić information content (AvgIpc) is 2.69. The number of benzene rings is 3. The highest BCUT2D eigenvalue weighted by Gasteiger charge is 2.05. The van der Waals surface area contributed by atoms with Gasteiger partial charge in [0.2, 0.25) is 0 Å². The number of carbonyl (C=O) groups excluding carboxylic acids is 1. The molecule has 0 aliphatic rings. The van der Waals surface area contributed by atoms with Crippen molar-refractivity contribution in [3.8, 4) is 11.5 Å². The first-order chi connectivity index (χ1) is 13.2. The zero-order chi connectivity index (χ0) is 19.1. The van der Waals surface area contributed by atoms with Crippen molar-refractivity contribution < 1.29 is 14.6 Å². The van der Waals surface area contributed by atoms with E-state index < -0.39 is 0 Å². The summed E-state index contributed by atoms with van der Waals surface area (Å²) in [6.45, 7) is 2.61. The standard InChI is InChI=1S/C21H21N3O3/c1-2-27-17-10-8-16(9-11-17)22-14-21(26)24-23-13-19-18-6-4-3-5-15(18)7-12-20(19)25/h3-13,22,25H,2,14H2,1H3,(H,24,26). The van der Waals surface area contributed by atoms with E-state index in [0.717, 1.165) is 22.2 Å². The number of aromatic hydroxyl groups is 1. The smallest absolute Gasteiger partial charge is 0.259 e. The molecule has 3 aromatic rings. The Hall–Kier alpha value is -3.54. The van der Waals surface area contributed by atoms with E-state index in [-0.39, 0.29) is 18.2 Å². The molecule has 0 spiro atoms. The Morgan fingerprint density at radius 2 is 1.89 bits per heavy atom. The summed E-state index contributed by atoms with van der Waals surface area (Å²) in [6.07, 6.45) is 1.45. The molecule has 138 valence electrons. The number of fused-ring (bicyclic) bond motifs is 1. The summed E-state index contributed by atoms with van der Waals surface area (Å²) in [4.78, 5) is 11.9. The van der Waals surface area contributed by atoms with Crippen LogP contribution in [0.3, 0.4) is 0 Å². The van der Waals surface area contributed by atoms with Crippen LogP contribution >= 0.6 is 0 Å². The lowest BCUT2D eigenvalue weighted by atomic mass is 10.0. The van der Waals surface area contributed by atoms with Gasteiger partial charge in [0.1, 0.15) is 11.5 Å². The van der Waals surface area contributed by atoms with Crippen molar-refractivity contribution >= 4 is 28.6 Å². The molecule has 0 aliphatic carbocycles. The van der Waals surface area contributed by atoms with Gasteiger partial charge in [-0.25, -0.2) is 5.43 Å². The summed E-state index contributed by atoms with van der Waals surface area (Å²) in [5.74, 6) is 0.603. The van der Waals surface area contributed by atoms with Crippen LogP contribution < -0.4 is 15.5 Å². The van der Waals surface area contributed by atoms with Crippen molar-refractivity contribution in [1.29, 1.82) is 0 Å². The van der Waals surface area contributed by atoms with E-state index >= 15 is 0 Å². The van der Waals surface area contributed by atoms with E-state index in [1.807, 2.05) is 61.5 Å². The van der Waals surface area contributed by atoms with Crippen molar-refractivity contribution in [2.45, 2.75) is 6.92 Å². The van der Waals surface area contributed by atoms with Gasteiger partial charge in [0, 0.05) is 11.3 Å². The second-order valence-electron chi connectivity index (χ2n) is 5.82. The maximum absolute atomic E-state index is 11.9. The number of anilines is 1. The number of rotatable bonds is 7. The van der Waals surface area contributed by atoms with E-state index in [1.165, 1.54) is 6.21 Å². The lowest BCUT2D eigenvalue weighted by Crippen LogP contribution is -2.25. The van der Waals surface area contributed by atoms with Crippen molar-refractivity contribution in [2.24, 2.45) is 5.10 Å². The van der Waals surface area contributed by atoms with Crippen molar-refractivity contribution in [3.63, 3.8) is 0 Å². The lowest BCUT2D eigenvalue weighted by molar-refractivity contribution is -0.119. The summed E-state index contributed by atoms with van der Waals surface area (Å²) in [5.41, 5.74) is 3.83. The molecule has 3 N–H and O–H groups in total. The minimum absolute atomic E-state index is 0.0762. The summed E-state index contributed by atoms with van der Waals surface area (Å²) in [6, 6.07) is 18.5. The number of nitrogens with zero attached hydrogens (tertiary/aromatic N) is 1. The van der Waals surface area contributed by atoms with Gasteiger partial charge in [-0.05, 0) is 48.0 Å². The van der Waals surface area contributed by atoms with Crippen molar-refractivity contribution in [3.05, 3.63) is 66.2 Å². The molecule has 0 fully saturated rings. The number of phenolic OH excluding ortho intramolecular Hbond substituents is 1. The maximum Gasteiger partial charge on any atom is 0.259 e. The number of amides is 1. The molecule has 3 aromatic carbocycles. The number of hydrogen-bond donors (Lipinski definition) is 3. The number of hydrogen-bond acceptors (Lipinski definition) is 5. The highest BCUT2D eigenvalue weighted by atomic mass is 16.5. The minimum Gasteiger partial charge on any atom is -0.507 e. The van der Waals surface area contributed by atoms with Crippen LogP contribution in [0.4, 0.5) is 5.69 Å². The Labute approximate surface area is 157 Å². The molecule has 0 saturated heterocycles. The molecule has 6 heteroatoms. The highest BCUT2D eigenvalue weighted by molar-refractivity contribution is 6.02. The fraction of sp³-hybridized carbons (Fsp3) is 0.143. The first-order valence-corrected chi connectivity index (χ1v) is 8.66. The molecule has 0 atom stereocenters. The van der Waals surface area contributed by atoms with Crippen LogP contribution in [0.15, 0.2) is 65.8 Å². The second-order valence-corrected chi connectivity index (χ2v) is 5.82. The summed E-state index contributed by atoms with van der Waals surface area (Å²) in [5, 5.41) is 18.9. The van der Waals surface area contributed by atoms with Gasteiger partial charge >= 0.3 is 0 Å². The van der Waals surface area contributed by atoms with Gasteiger partial charge in [0.05, 0.1) is 19.4 Å². The SMILES string of the molecule is CCOc1ccc(NCC(=O)NN=Cc2c(O)ccc3ccccc23)cc1. The van der Waals surface area contributed by atoms with Gasteiger partial charge in [0.25, 0.3) is 5.91 Å². The quantitative estimate of drug-likeness (QED) is 0.443. The van der Waals surface area contributed by atoms with Gasteiger partial charge in [-0.3, -0.25) is 4.79 Å². The Morgan fingerprint density at radius 1 is 1.11 bits per heavy atom. The van der Waals surface area contributed by atoms with E-state index in [1.54, 1.807) is 6.07 Å². The highest BCUT2D eigenvalue weighted by Crippen LogP contribution is 2.25. The summed E-state index contributed by atoms with van der Waals surface area (Å²) in [7, 11) is 0. The zero-order valence-electron chi connectivity index (χ0n) is 15.0. The average molecular weight is 363 g/mol. The predicted octanol–water partition coefficient (Wildman–Crippen LogP) is 3.51. The largest absolute Gasteiger partial charge is 0.507 e. The first kappa shape index (κ1) is 18.3. The maximum atomic E-state index is 11.9. The van der Waals surface area contributed by atoms with Gasteiger partial charge in [-0.1, -0.05) is 30.3 Å². The van der Waals surface area contributed by atoms with Crippen LogP contribution in [0.5, 0.6) is 11.5 Å². The molecule has 0 unspecified atom stereocenters. The van der Waals surface area contributed by atoms with Gasteiger partial charge in [0.15, 0.2) is 0 Å². The molecule has 0 saturated carbocycles. The van der Waals surface area contributed by atoms with Crippen LogP contribution in [0.2, 0.25) is 0 Å². The number of nitrogens with one attached hydrogen (secondary N) is 2. The topological polar surface area (TPSA) is 83.0 Å². The number of carbonyl (C=O) groups is 1. The van der Waals surface area contributed by atoms with Crippen LogP contribution in [-0.2, 0) is 4.79 Å². The Morgan fingerprint density at radius 3 is 2.67 bits per heavy atom. The third kappa shape index (κ3) is 4.76. The van der Waals surface area contributed by atoms with Gasteiger partial charge in [-0.2, -0.15) is 5.10 Å². The fourth-order valence-electron chi connectivity index (χ4n) is 2.65. The molecule has 6 nitrogen and oxygen atoms in total. The molecule has 0 radical (unpaired) electrons. The number of hydrazone groups is 1. The third-order valence-electron chi connectivity index (χ3n) is 3.95. The molecule has 0 heterocycles. The Kier molecular flexibility index (Phi) is 5.89. The van der Waals surface area contributed by atoms with E-state index in [0.29, 0.717) is 12.2 Å². The fourth-order valence-corrected chi connectivity index (χ4v) is 2.65. The monoisotopic (exact) mass is 363 g/mol. The predicted molar refractivity (Wildman–Crippen MR) is 107 cm³/mol. The summed E-state index contributed by atoms with van der Waals surface area (Å²) < 4.78 is 5.38. The Balaban J connectivity index is 1.57. The molecule has 0 bridgehead atoms. The third-order valence-corrected chi connectivity index (χ3v) is 3.95. The molecular weight excluding hydrogens is 342 g/mol. The van der Waals surface area contributed by atoms with Crippen LogP contribution in [0, 0.1) is 0 Å². The van der Waals surface area contributed by atoms with E-state index in [9.17, 15) is 9.90 Å². The van der Waals surface area contributed by atoms with E-state index in [4.69, 9.17) is 4.74 Å². The summed E-state index contributed by atoms with van der Waals surface area (Å²) >= 11 is 0. The molecule has 0 aliphatic heterocycles. The van der Waals surface area contributed by atoms with Gasteiger partial charge in [-0.15, -0.1) is 0 Å². The zero-order valence-corrected chi connectivity index (χ0v) is 15.0. The number of ether oxygens (including phenoxy) is 1. The molecule has 0 aromatic heterocycles. The van der Waals surface area contributed by atoms with Crippen LogP contribution in [0.25, 0.3) is 10.8 Å². The van der Waals surface area contributed by atoms with Crippen LogP contribution in [-0.4, -0.2) is 30.4 Å². The second kappa shape index (κ2) is 8.71. The normalized spacial score (nSPS) is 10.9. The Bertz CT molecular complexity index is 953. The van der Waals surface area contributed by atoms with E-state index in [2.05, 4.69) is 15.8 Å². The number of phenols is 1. The molecular formula is C21H21N3O3. The minimum atomic E-state index is -0.292. The van der Waals surface area contributed by atoms with Crippen molar-refractivity contribution in [1.82, 2.24) is 5.43 Å². The molecule has 27 heavy (non-hydrogen) atoms. The van der Waals surface area contributed by atoms with Crippen molar-refractivity contribution in [2.75, 3.05) is 18.5 Å². The van der Waals surface area contributed by atoms with Crippen LogP contribution in [0.1, 0.15) is 12.5 Å². The first-order valence-electron chi connectivity index (χ1n) is 8.66.